The Morgan fingerprint density at radius 2 is 1.76 bits per heavy atom. The summed E-state index contributed by atoms with van der Waals surface area (Å²) in [6, 6.07) is 8.10. The Morgan fingerprint density at radius 1 is 1.16 bits per heavy atom. The molecule has 3 nitrogen and oxygen atoms in total. The molecule has 0 spiro atoms. The van der Waals surface area contributed by atoms with E-state index in [0.717, 1.165) is 18.3 Å². The van der Waals surface area contributed by atoms with Crippen LogP contribution in [0.5, 0.6) is 0 Å². The van der Waals surface area contributed by atoms with Crippen molar-refractivity contribution in [1.29, 1.82) is 0 Å². The second-order valence-electron chi connectivity index (χ2n) is 6.30. The third kappa shape index (κ3) is 5.08. The lowest BCUT2D eigenvalue weighted by Gasteiger charge is -2.11. The monoisotopic (exact) mass is 353 g/mol. The molecule has 1 saturated carbocycles. The Hall–Kier alpha value is -1.82. The first-order valence-corrected chi connectivity index (χ1v) is 8.83. The average Bonchev–Trinajstić information content (AvgIpc) is 3.29. The molecule has 1 aromatic heterocycles. The van der Waals surface area contributed by atoms with E-state index in [1.165, 1.54) is 12.8 Å². The van der Waals surface area contributed by atoms with Crippen molar-refractivity contribution >= 4 is 0 Å². The van der Waals surface area contributed by atoms with Gasteiger partial charge in [0.05, 0.1) is 0 Å². The number of nitrogens with one attached hydrogen (secondary N) is 1. The van der Waals surface area contributed by atoms with Gasteiger partial charge in [0.1, 0.15) is 5.82 Å². The van der Waals surface area contributed by atoms with Crippen LogP contribution in [0.4, 0.5) is 13.2 Å². The van der Waals surface area contributed by atoms with Crippen molar-refractivity contribution in [1.82, 2.24) is 14.9 Å². The molecule has 0 saturated heterocycles. The summed E-state index contributed by atoms with van der Waals surface area (Å²) in [4.78, 5) is 3.81. The van der Waals surface area contributed by atoms with Crippen molar-refractivity contribution in [3.8, 4) is 11.4 Å². The Morgan fingerprint density at radius 3 is 2.24 bits per heavy atom. The second kappa shape index (κ2) is 8.04. The number of alkyl halides is 3. The van der Waals surface area contributed by atoms with Gasteiger partial charge in [0.25, 0.3) is 0 Å². The van der Waals surface area contributed by atoms with E-state index in [1.54, 1.807) is 4.57 Å². The third-order valence-corrected chi connectivity index (χ3v) is 3.96. The standard InChI is InChI=1S/C17H20F3N3.C2H6/c1-11(2)23-10-15(17(18,19)20)22-16(23)13-5-3-12(4-6-13)9-21-14-7-8-14;1-2/h3-6,10-11,14,21H,7-9H2,1-2H3;1-2H3. The number of rotatable bonds is 5. The fourth-order valence-electron chi connectivity index (χ4n) is 2.46. The molecule has 0 atom stereocenters. The molecular formula is C19H26F3N3. The number of nitrogens with zero attached hydrogens (tertiary/aromatic N) is 2. The average molecular weight is 353 g/mol. The molecule has 0 aliphatic heterocycles. The molecule has 1 aliphatic carbocycles. The molecule has 138 valence electrons. The molecule has 6 heteroatoms. The second-order valence-corrected chi connectivity index (χ2v) is 6.30. The normalized spacial score (nSPS) is 14.4. The van der Waals surface area contributed by atoms with Crippen LogP contribution in [0.1, 0.15) is 57.8 Å². The number of aromatic nitrogens is 2. The van der Waals surface area contributed by atoms with Gasteiger partial charge in [-0.1, -0.05) is 38.1 Å². The van der Waals surface area contributed by atoms with Gasteiger partial charge in [-0.25, -0.2) is 4.98 Å². The summed E-state index contributed by atoms with van der Waals surface area (Å²) < 4.78 is 40.3. The molecule has 0 bridgehead atoms. The SMILES string of the molecule is CC.CC(C)n1cc(C(F)(F)F)nc1-c1ccc(CNC2CC2)cc1. The summed E-state index contributed by atoms with van der Waals surface area (Å²) in [5, 5.41) is 3.42. The minimum Gasteiger partial charge on any atom is -0.328 e. The molecular weight excluding hydrogens is 327 g/mol. The molecule has 0 radical (unpaired) electrons. The highest BCUT2D eigenvalue weighted by Crippen LogP contribution is 2.32. The molecule has 1 aliphatic rings. The van der Waals surface area contributed by atoms with Crippen molar-refractivity contribution in [3.05, 3.63) is 41.7 Å². The summed E-state index contributed by atoms with van der Waals surface area (Å²) in [7, 11) is 0. The van der Waals surface area contributed by atoms with E-state index in [-0.39, 0.29) is 6.04 Å². The smallest absolute Gasteiger partial charge is 0.328 e. The van der Waals surface area contributed by atoms with Gasteiger partial charge in [0, 0.05) is 30.4 Å². The van der Waals surface area contributed by atoms with Gasteiger partial charge in [-0.3, -0.25) is 0 Å². The van der Waals surface area contributed by atoms with Crippen molar-refractivity contribution < 1.29 is 13.2 Å². The predicted molar refractivity (Wildman–Crippen MR) is 94.3 cm³/mol. The van der Waals surface area contributed by atoms with Gasteiger partial charge in [0.2, 0.25) is 0 Å². The van der Waals surface area contributed by atoms with E-state index in [1.807, 2.05) is 52.0 Å². The van der Waals surface area contributed by atoms with Crippen molar-refractivity contribution in [2.75, 3.05) is 0 Å². The number of imidazole rings is 1. The maximum atomic E-state index is 12.9. The van der Waals surface area contributed by atoms with Crippen molar-refractivity contribution in [2.45, 2.75) is 65.3 Å². The minimum absolute atomic E-state index is 0.0928. The lowest BCUT2D eigenvalue weighted by molar-refractivity contribution is -0.140. The molecule has 1 heterocycles. The molecule has 1 aromatic carbocycles. The summed E-state index contributed by atoms with van der Waals surface area (Å²) in [6.07, 6.45) is -0.889. The van der Waals surface area contributed by atoms with Gasteiger partial charge < -0.3 is 9.88 Å². The summed E-state index contributed by atoms with van der Waals surface area (Å²) in [5.41, 5.74) is 0.976. The first-order chi connectivity index (χ1) is 11.8. The van der Waals surface area contributed by atoms with Crippen molar-refractivity contribution in [3.63, 3.8) is 0 Å². The first-order valence-electron chi connectivity index (χ1n) is 8.83. The van der Waals surface area contributed by atoms with E-state index < -0.39 is 11.9 Å². The summed E-state index contributed by atoms with van der Waals surface area (Å²) >= 11 is 0. The number of hydrogen-bond acceptors (Lipinski definition) is 2. The van der Waals surface area contributed by atoms with Crippen LogP contribution in [-0.4, -0.2) is 15.6 Å². The largest absolute Gasteiger partial charge is 0.434 e. The van der Waals surface area contributed by atoms with E-state index in [9.17, 15) is 13.2 Å². The predicted octanol–water partition coefficient (Wildman–Crippen LogP) is 5.43. The summed E-state index contributed by atoms with van der Waals surface area (Å²) in [5.74, 6) is 0.356. The zero-order valence-electron chi connectivity index (χ0n) is 15.2. The van der Waals surface area contributed by atoms with Crippen LogP contribution in [0.25, 0.3) is 11.4 Å². The van der Waals surface area contributed by atoms with E-state index in [4.69, 9.17) is 0 Å². The zero-order valence-corrected chi connectivity index (χ0v) is 15.2. The van der Waals surface area contributed by atoms with Gasteiger partial charge in [-0.05, 0) is 32.3 Å². The van der Waals surface area contributed by atoms with Crippen LogP contribution in [0.15, 0.2) is 30.5 Å². The van der Waals surface area contributed by atoms with Crippen molar-refractivity contribution in [2.24, 2.45) is 0 Å². The fourth-order valence-corrected chi connectivity index (χ4v) is 2.46. The molecule has 1 fully saturated rings. The van der Waals surface area contributed by atoms with E-state index in [0.29, 0.717) is 17.4 Å². The minimum atomic E-state index is -4.43. The fraction of sp³-hybridized carbons (Fsp3) is 0.526. The van der Waals surface area contributed by atoms with Crippen LogP contribution in [-0.2, 0) is 12.7 Å². The Balaban J connectivity index is 0.00000109. The summed E-state index contributed by atoms with van der Waals surface area (Å²) in [6.45, 7) is 8.48. The van der Waals surface area contributed by atoms with E-state index in [2.05, 4.69) is 10.3 Å². The highest BCUT2D eigenvalue weighted by Gasteiger charge is 2.35. The van der Waals surface area contributed by atoms with Gasteiger partial charge in [-0.15, -0.1) is 0 Å². The molecule has 1 N–H and O–H groups in total. The van der Waals surface area contributed by atoms with Gasteiger partial charge >= 0.3 is 6.18 Å². The third-order valence-electron chi connectivity index (χ3n) is 3.96. The molecule has 3 rings (SSSR count). The zero-order chi connectivity index (χ0) is 18.6. The molecule has 0 unspecified atom stereocenters. The van der Waals surface area contributed by atoms with Crippen LogP contribution in [0.2, 0.25) is 0 Å². The quantitative estimate of drug-likeness (QED) is 0.777. The Bertz CT molecular complexity index is 668. The lowest BCUT2D eigenvalue weighted by Crippen LogP contribution is -2.15. The van der Waals surface area contributed by atoms with E-state index >= 15 is 0 Å². The Labute approximate surface area is 147 Å². The van der Waals surface area contributed by atoms with Crippen LogP contribution < -0.4 is 5.32 Å². The number of halogens is 3. The highest BCUT2D eigenvalue weighted by atomic mass is 19.4. The van der Waals surface area contributed by atoms with Crippen LogP contribution in [0, 0.1) is 0 Å². The number of hydrogen-bond donors (Lipinski definition) is 1. The Kier molecular flexibility index (Phi) is 6.27. The number of benzene rings is 1. The van der Waals surface area contributed by atoms with Gasteiger partial charge in [-0.2, -0.15) is 13.2 Å². The maximum absolute atomic E-state index is 12.9. The highest BCUT2D eigenvalue weighted by molar-refractivity contribution is 5.57. The van der Waals surface area contributed by atoms with Crippen LogP contribution >= 0.6 is 0 Å². The topological polar surface area (TPSA) is 29.9 Å². The first kappa shape index (κ1) is 19.5. The van der Waals surface area contributed by atoms with Gasteiger partial charge in [0.15, 0.2) is 5.69 Å². The lowest BCUT2D eigenvalue weighted by atomic mass is 10.1. The van der Waals surface area contributed by atoms with Crippen LogP contribution in [0.3, 0.4) is 0 Å². The molecule has 0 amide bonds. The molecule has 2 aromatic rings. The molecule has 25 heavy (non-hydrogen) atoms. The maximum Gasteiger partial charge on any atom is 0.434 e.